The molecule has 0 aliphatic heterocycles. The standard InChI is InChI=1S/C14H21N5/c1-10-12-13(15-9-16-14(12)19(2)18-10)17-11-7-5-3-4-6-8-11/h9,11H,3-8H2,1-2H3,(H,15,16,17). The molecular weight excluding hydrogens is 238 g/mol. The van der Waals surface area contributed by atoms with Gasteiger partial charge in [0.1, 0.15) is 12.1 Å². The van der Waals surface area contributed by atoms with E-state index in [4.69, 9.17) is 0 Å². The van der Waals surface area contributed by atoms with Crippen LogP contribution < -0.4 is 5.32 Å². The lowest BCUT2D eigenvalue weighted by molar-refractivity contribution is 0.618. The minimum Gasteiger partial charge on any atom is -0.367 e. The van der Waals surface area contributed by atoms with Gasteiger partial charge in [0, 0.05) is 13.1 Å². The summed E-state index contributed by atoms with van der Waals surface area (Å²) in [4.78, 5) is 8.75. The van der Waals surface area contributed by atoms with Crippen molar-refractivity contribution >= 4 is 16.9 Å². The molecule has 1 aliphatic rings. The molecule has 0 saturated heterocycles. The Morgan fingerprint density at radius 1 is 1.16 bits per heavy atom. The first kappa shape index (κ1) is 12.4. The number of hydrogen-bond donors (Lipinski definition) is 1. The number of anilines is 1. The van der Waals surface area contributed by atoms with Crippen LogP contribution in [0.5, 0.6) is 0 Å². The average molecular weight is 259 g/mol. The Balaban J connectivity index is 1.91. The van der Waals surface area contributed by atoms with Crippen molar-refractivity contribution in [2.45, 2.75) is 51.5 Å². The zero-order chi connectivity index (χ0) is 13.2. The number of nitrogens with one attached hydrogen (secondary N) is 1. The molecule has 0 atom stereocenters. The highest BCUT2D eigenvalue weighted by Gasteiger charge is 2.17. The summed E-state index contributed by atoms with van der Waals surface area (Å²) in [5, 5.41) is 9.11. The normalized spacial score (nSPS) is 17.6. The lowest BCUT2D eigenvalue weighted by Gasteiger charge is -2.17. The van der Waals surface area contributed by atoms with Gasteiger partial charge in [-0.3, -0.25) is 4.68 Å². The molecule has 1 fully saturated rings. The minimum absolute atomic E-state index is 0.542. The Kier molecular flexibility index (Phi) is 3.36. The maximum Gasteiger partial charge on any atom is 0.163 e. The van der Waals surface area contributed by atoms with Crippen molar-refractivity contribution in [3.8, 4) is 0 Å². The molecular formula is C14H21N5. The molecule has 0 amide bonds. The zero-order valence-corrected chi connectivity index (χ0v) is 11.7. The topological polar surface area (TPSA) is 55.6 Å². The molecule has 102 valence electrons. The van der Waals surface area contributed by atoms with Crippen molar-refractivity contribution in [1.82, 2.24) is 19.7 Å². The van der Waals surface area contributed by atoms with Gasteiger partial charge in [-0.2, -0.15) is 5.10 Å². The molecule has 5 nitrogen and oxygen atoms in total. The van der Waals surface area contributed by atoms with E-state index in [2.05, 4.69) is 20.4 Å². The number of aryl methyl sites for hydroxylation is 2. The monoisotopic (exact) mass is 259 g/mol. The highest BCUT2D eigenvalue weighted by Crippen LogP contribution is 2.26. The summed E-state index contributed by atoms with van der Waals surface area (Å²) >= 11 is 0. The fourth-order valence-electron chi connectivity index (χ4n) is 3.00. The summed E-state index contributed by atoms with van der Waals surface area (Å²) in [7, 11) is 1.93. The Morgan fingerprint density at radius 3 is 2.63 bits per heavy atom. The quantitative estimate of drug-likeness (QED) is 0.843. The molecule has 0 aromatic carbocycles. The number of nitrogens with zero attached hydrogens (tertiary/aromatic N) is 4. The van der Waals surface area contributed by atoms with Gasteiger partial charge >= 0.3 is 0 Å². The van der Waals surface area contributed by atoms with E-state index in [0.717, 1.165) is 22.5 Å². The summed E-state index contributed by atoms with van der Waals surface area (Å²) in [6.45, 7) is 2.02. The van der Waals surface area contributed by atoms with Gasteiger partial charge in [0.15, 0.2) is 5.65 Å². The van der Waals surface area contributed by atoms with E-state index in [1.54, 1.807) is 6.33 Å². The molecule has 5 heteroatoms. The lowest BCUT2D eigenvalue weighted by atomic mass is 10.1. The van der Waals surface area contributed by atoms with Crippen LogP contribution in [-0.4, -0.2) is 25.8 Å². The van der Waals surface area contributed by atoms with E-state index in [0.29, 0.717) is 6.04 Å². The molecule has 1 aliphatic carbocycles. The van der Waals surface area contributed by atoms with Crippen LogP contribution in [0.3, 0.4) is 0 Å². The van der Waals surface area contributed by atoms with Gasteiger partial charge < -0.3 is 5.32 Å². The maximum absolute atomic E-state index is 4.44. The van der Waals surface area contributed by atoms with Crippen molar-refractivity contribution < 1.29 is 0 Å². The molecule has 3 rings (SSSR count). The van der Waals surface area contributed by atoms with Gasteiger partial charge in [-0.1, -0.05) is 25.7 Å². The van der Waals surface area contributed by atoms with E-state index in [1.165, 1.54) is 38.5 Å². The van der Waals surface area contributed by atoms with E-state index >= 15 is 0 Å². The van der Waals surface area contributed by atoms with Crippen LogP contribution in [0.25, 0.3) is 11.0 Å². The number of rotatable bonds is 2. The van der Waals surface area contributed by atoms with Crippen molar-refractivity contribution in [3.63, 3.8) is 0 Å². The van der Waals surface area contributed by atoms with Crippen LogP contribution in [0.4, 0.5) is 5.82 Å². The van der Waals surface area contributed by atoms with Crippen LogP contribution >= 0.6 is 0 Å². The highest BCUT2D eigenvalue weighted by molar-refractivity contribution is 5.89. The molecule has 1 saturated carbocycles. The lowest BCUT2D eigenvalue weighted by Crippen LogP contribution is -2.19. The minimum atomic E-state index is 0.542. The molecule has 1 N–H and O–H groups in total. The van der Waals surface area contributed by atoms with Crippen molar-refractivity contribution in [3.05, 3.63) is 12.0 Å². The Labute approximate surface area is 113 Å². The first-order valence-corrected chi connectivity index (χ1v) is 7.16. The van der Waals surface area contributed by atoms with Gasteiger partial charge in [-0.25, -0.2) is 9.97 Å². The summed E-state index contributed by atoms with van der Waals surface area (Å²) in [6.07, 6.45) is 9.47. The average Bonchev–Trinajstić information content (AvgIpc) is 2.59. The van der Waals surface area contributed by atoms with Crippen LogP contribution in [0.15, 0.2) is 6.33 Å². The highest BCUT2D eigenvalue weighted by atomic mass is 15.3. The van der Waals surface area contributed by atoms with E-state index in [9.17, 15) is 0 Å². The van der Waals surface area contributed by atoms with Crippen LogP contribution in [-0.2, 0) is 7.05 Å². The summed E-state index contributed by atoms with van der Waals surface area (Å²) in [6, 6.07) is 0.542. The summed E-state index contributed by atoms with van der Waals surface area (Å²) in [5.41, 5.74) is 1.90. The van der Waals surface area contributed by atoms with Gasteiger partial charge in [0.2, 0.25) is 0 Å². The predicted molar refractivity (Wildman–Crippen MR) is 76.2 cm³/mol. The molecule has 2 aromatic rings. The molecule has 2 heterocycles. The van der Waals surface area contributed by atoms with E-state index in [-0.39, 0.29) is 0 Å². The number of fused-ring (bicyclic) bond motifs is 1. The van der Waals surface area contributed by atoms with Crippen molar-refractivity contribution in [2.24, 2.45) is 7.05 Å². The summed E-state index contributed by atoms with van der Waals surface area (Å²) < 4.78 is 1.82. The van der Waals surface area contributed by atoms with Crippen molar-refractivity contribution in [2.75, 3.05) is 5.32 Å². The predicted octanol–water partition coefficient (Wildman–Crippen LogP) is 2.81. The Morgan fingerprint density at radius 2 is 1.89 bits per heavy atom. The Hall–Kier alpha value is -1.65. The SMILES string of the molecule is Cc1nn(C)c2ncnc(NC3CCCCCC3)c12. The third-order valence-corrected chi connectivity index (χ3v) is 3.99. The number of hydrogen-bond acceptors (Lipinski definition) is 4. The summed E-state index contributed by atoms with van der Waals surface area (Å²) in [5.74, 6) is 0.947. The second-order valence-electron chi connectivity index (χ2n) is 5.46. The Bertz CT molecular complexity index is 566. The van der Waals surface area contributed by atoms with Gasteiger partial charge in [0.05, 0.1) is 11.1 Å². The molecule has 0 unspecified atom stereocenters. The van der Waals surface area contributed by atoms with Gasteiger partial charge in [-0.05, 0) is 19.8 Å². The van der Waals surface area contributed by atoms with E-state index < -0.39 is 0 Å². The fourth-order valence-corrected chi connectivity index (χ4v) is 3.00. The molecule has 19 heavy (non-hydrogen) atoms. The van der Waals surface area contributed by atoms with E-state index in [1.807, 2.05) is 18.7 Å². The van der Waals surface area contributed by atoms with Gasteiger partial charge in [-0.15, -0.1) is 0 Å². The first-order valence-electron chi connectivity index (χ1n) is 7.16. The molecule has 0 spiro atoms. The second kappa shape index (κ2) is 5.15. The zero-order valence-electron chi connectivity index (χ0n) is 11.7. The number of aromatic nitrogens is 4. The maximum atomic E-state index is 4.44. The van der Waals surface area contributed by atoms with Crippen LogP contribution in [0, 0.1) is 6.92 Å². The second-order valence-corrected chi connectivity index (χ2v) is 5.46. The first-order chi connectivity index (χ1) is 9.25. The molecule has 2 aromatic heterocycles. The third-order valence-electron chi connectivity index (χ3n) is 3.99. The largest absolute Gasteiger partial charge is 0.367 e. The van der Waals surface area contributed by atoms with Crippen LogP contribution in [0.1, 0.15) is 44.2 Å². The fraction of sp³-hybridized carbons (Fsp3) is 0.643. The molecule has 0 bridgehead atoms. The smallest absolute Gasteiger partial charge is 0.163 e. The van der Waals surface area contributed by atoms with Crippen LogP contribution in [0.2, 0.25) is 0 Å². The molecule has 0 radical (unpaired) electrons. The van der Waals surface area contributed by atoms with Crippen molar-refractivity contribution in [1.29, 1.82) is 0 Å². The van der Waals surface area contributed by atoms with Gasteiger partial charge in [0.25, 0.3) is 0 Å². The third kappa shape index (κ3) is 2.41.